The maximum Gasteiger partial charge on any atom is 0.289 e. The van der Waals surface area contributed by atoms with Gasteiger partial charge in [0.15, 0.2) is 5.76 Å². The van der Waals surface area contributed by atoms with E-state index in [2.05, 4.69) is 10.2 Å². The van der Waals surface area contributed by atoms with Crippen LogP contribution < -0.4 is 0 Å². The summed E-state index contributed by atoms with van der Waals surface area (Å²) in [5.74, 6) is 0.962. The molecule has 24 heavy (non-hydrogen) atoms. The van der Waals surface area contributed by atoms with Crippen molar-refractivity contribution in [3.05, 3.63) is 53.5 Å². The van der Waals surface area contributed by atoms with E-state index < -0.39 is 0 Å². The molecule has 1 unspecified atom stereocenters. The van der Waals surface area contributed by atoms with Crippen LogP contribution in [-0.2, 0) is 6.42 Å². The molecule has 1 fully saturated rings. The molecule has 0 saturated carbocycles. The van der Waals surface area contributed by atoms with Gasteiger partial charge in [-0.2, -0.15) is 5.10 Å². The second kappa shape index (κ2) is 6.15. The molecule has 1 amide bonds. The van der Waals surface area contributed by atoms with Gasteiger partial charge in [-0.3, -0.25) is 9.89 Å². The van der Waals surface area contributed by atoms with Crippen molar-refractivity contribution in [2.75, 3.05) is 13.1 Å². The number of carbonyl (C=O) groups is 1. The minimum Gasteiger partial charge on any atom is -0.451 e. The van der Waals surface area contributed by atoms with Gasteiger partial charge >= 0.3 is 0 Å². The minimum absolute atomic E-state index is 0.0120. The SMILES string of the molecule is Cc1c(C(=O)N2CCCC(Cc3ccn[nH]3)C2)oc2ccccc12. The van der Waals surface area contributed by atoms with Gasteiger partial charge in [-0.1, -0.05) is 18.2 Å². The largest absolute Gasteiger partial charge is 0.451 e. The third kappa shape index (κ3) is 2.70. The summed E-state index contributed by atoms with van der Waals surface area (Å²) in [6.07, 6.45) is 4.88. The number of furan rings is 1. The third-order valence-corrected chi connectivity index (χ3v) is 4.91. The topological polar surface area (TPSA) is 62.1 Å². The van der Waals surface area contributed by atoms with Crippen molar-refractivity contribution in [2.45, 2.75) is 26.2 Å². The summed E-state index contributed by atoms with van der Waals surface area (Å²) in [6, 6.07) is 9.82. The molecule has 0 bridgehead atoms. The number of fused-ring (bicyclic) bond motifs is 1. The predicted octanol–water partition coefficient (Wildman–Crippen LogP) is 3.56. The second-order valence-electron chi connectivity index (χ2n) is 6.60. The lowest BCUT2D eigenvalue weighted by Crippen LogP contribution is -2.40. The number of rotatable bonds is 3. The van der Waals surface area contributed by atoms with Crippen LogP contribution in [0.5, 0.6) is 0 Å². The van der Waals surface area contributed by atoms with Crippen LogP contribution in [0.15, 0.2) is 40.9 Å². The summed E-state index contributed by atoms with van der Waals surface area (Å²) >= 11 is 0. The van der Waals surface area contributed by atoms with Crippen molar-refractivity contribution in [1.82, 2.24) is 15.1 Å². The molecule has 0 spiro atoms. The van der Waals surface area contributed by atoms with Crippen molar-refractivity contribution in [3.63, 3.8) is 0 Å². The Balaban J connectivity index is 1.53. The van der Waals surface area contributed by atoms with Gasteiger partial charge in [0.2, 0.25) is 0 Å². The number of likely N-dealkylation sites (tertiary alicyclic amines) is 1. The van der Waals surface area contributed by atoms with Gasteiger partial charge in [0.1, 0.15) is 5.58 Å². The summed E-state index contributed by atoms with van der Waals surface area (Å²) in [4.78, 5) is 14.9. The minimum atomic E-state index is 0.0120. The number of aryl methyl sites for hydroxylation is 1. The molecule has 3 heterocycles. The Morgan fingerprint density at radius 2 is 2.25 bits per heavy atom. The number of carbonyl (C=O) groups excluding carboxylic acids is 1. The Morgan fingerprint density at radius 3 is 3.04 bits per heavy atom. The van der Waals surface area contributed by atoms with Crippen molar-refractivity contribution >= 4 is 16.9 Å². The fraction of sp³-hybridized carbons (Fsp3) is 0.368. The number of nitrogens with one attached hydrogen (secondary N) is 1. The number of nitrogens with zero attached hydrogens (tertiary/aromatic N) is 2. The lowest BCUT2D eigenvalue weighted by atomic mass is 9.93. The standard InChI is InChI=1S/C19H21N3O2/c1-13-16-6-2-3-7-17(16)24-18(13)19(23)22-10-4-5-14(12-22)11-15-8-9-20-21-15/h2-3,6-9,14H,4-5,10-12H2,1H3,(H,20,21). The lowest BCUT2D eigenvalue weighted by molar-refractivity contribution is 0.0642. The molecule has 1 atom stereocenters. The van der Waals surface area contributed by atoms with Crippen molar-refractivity contribution in [3.8, 4) is 0 Å². The van der Waals surface area contributed by atoms with Crippen LogP contribution in [0.3, 0.4) is 0 Å². The first-order chi connectivity index (χ1) is 11.7. The van der Waals surface area contributed by atoms with E-state index in [1.165, 1.54) is 0 Å². The van der Waals surface area contributed by atoms with Crippen molar-refractivity contribution in [1.29, 1.82) is 0 Å². The maximum absolute atomic E-state index is 13.0. The number of H-pyrrole nitrogens is 1. The maximum atomic E-state index is 13.0. The summed E-state index contributed by atoms with van der Waals surface area (Å²) in [7, 11) is 0. The van der Waals surface area contributed by atoms with Gasteiger partial charge in [-0.05, 0) is 44.2 Å². The van der Waals surface area contributed by atoms with E-state index >= 15 is 0 Å². The number of piperidine rings is 1. The summed E-state index contributed by atoms with van der Waals surface area (Å²) < 4.78 is 5.85. The Morgan fingerprint density at radius 1 is 1.38 bits per heavy atom. The van der Waals surface area contributed by atoms with Crippen molar-refractivity contribution in [2.24, 2.45) is 5.92 Å². The van der Waals surface area contributed by atoms with Gasteiger partial charge < -0.3 is 9.32 Å². The first-order valence-electron chi connectivity index (χ1n) is 8.48. The van der Waals surface area contributed by atoms with E-state index in [0.717, 1.165) is 54.6 Å². The zero-order valence-electron chi connectivity index (χ0n) is 13.8. The van der Waals surface area contributed by atoms with Crippen LogP contribution in [0.1, 0.15) is 34.7 Å². The molecule has 2 aromatic heterocycles. The van der Waals surface area contributed by atoms with Crippen LogP contribution in [0.4, 0.5) is 0 Å². The molecule has 1 aromatic carbocycles. The Kier molecular flexibility index (Phi) is 3.84. The molecule has 0 radical (unpaired) electrons. The fourth-order valence-corrected chi connectivity index (χ4v) is 3.65. The quantitative estimate of drug-likeness (QED) is 0.801. The smallest absolute Gasteiger partial charge is 0.289 e. The van der Waals surface area contributed by atoms with E-state index in [4.69, 9.17) is 4.42 Å². The number of para-hydroxylation sites is 1. The second-order valence-corrected chi connectivity index (χ2v) is 6.60. The summed E-state index contributed by atoms with van der Waals surface area (Å²) in [5.41, 5.74) is 2.85. The van der Waals surface area contributed by atoms with Crippen LogP contribution >= 0.6 is 0 Å². The zero-order chi connectivity index (χ0) is 16.5. The highest BCUT2D eigenvalue weighted by Crippen LogP contribution is 2.28. The van der Waals surface area contributed by atoms with Crippen LogP contribution in [0.2, 0.25) is 0 Å². The highest BCUT2D eigenvalue weighted by molar-refractivity contribution is 5.98. The number of aromatic nitrogens is 2. The van der Waals surface area contributed by atoms with E-state index in [9.17, 15) is 4.79 Å². The monoisotopic (exact) mass is 323 g/mol. The van der Waals surface area contributed by atoms with Gasteiger partial charge in [-0.15, -0.1) is 0 Å². The fourth-order valence-electron chi connectivity index (χ4n) is 3.65. The number of hydrogen-bond acceptors (Lipinski definition) is 3. The molecule has 4 rings (SSSR count). The molecular weight excluding hydrogens is 302 g/mol. The van der Waals surface area contributed by atoms with Crippen LogP contribution in [-0.4, -0.2) is 34.1 Å². The van der Waals surface area contributed by atoms with E-state index in [0.29, 0.717) is 11.7 Å². The summed E-state index contributed by atoms with van der Waals surface area (Å²) in [5, 5.41) is 8.04. The number of aromatic amines is 1. The molecule has 1 aliphatic heterocycles. The first-order valence-corrected chi connectivity index (χ1v) is 8.48. The molecule has 0 aliphatic carbocycles. The third-order valence-electron chi connectivity index (χ3n) is 4.91. The molecule has 1 aliphatic rings. The van der Waals surface area contributed by atoms with Gasteiger partial charge in [0.05, 0.1) is 0 Å². The number of hydrogen-bond donors (Lipinski definition) is 1. The zero-order valence-corrected chi connectivity index (χ0v) is 13.8. The Labute approximate surface area is 140 Å². The van der Waals surface area contributed by atoms with Crippen LogP contribution in [0, 0.1) is 12.8 Å². The highest BCUT2D eigenvalue weighted by atomic mass is 16.3. The van der Waals surface area contributed by atoms with Gasteiger partial charge in [-0.25, -0.2) is 0 Å². The Hall–Kier alpha value is -2.56. The lowest BCUT2D eigenvalue weighted by Gasteiger charge is -2.32. The molecule has 3 aromatic rings. The summed E-state index contributed by atoms with van der Waals surface area (Å²) in [6.45, 7) is 3.54. The van der Waals surface area contributed by atoms with E-state index in [-0.39, 0.29) is 5.91 Å². The average molecular weight is 323 g/mol. The first kappa shape index (κ1) is 15.0. The molecule has 5 heteroatoms. The Bertz CT molecular complexity index is 851. The van der Waals surface area contributed by atoms with Gasteiger partial charge in [0, 0.05) is 35.9 Å². The normalized spacial score (nSPS) is 18.2. The van der Waals surface area contributed by atoms with Crippen molar-refractivity contribution < 1.29 is 9.21 Å². The molecule has 1 N–H and O–H groups in total. The van der Waals surface area contributed by atoms with E-state index in [1.54, 1.807) is 6.20 Å². The number of benzene rings is 1. The van der Waals surface area contributed by atoms with E-state index in [1.807, 2.05) is 42.2 Å². The average Bonchev–Trinajstić information content (AvgIpc) is 3.23. The predicted molar refractivity (Wildman–Crippen MR) is 91.9 cm³/mol. The van der Waals surface area contributed by atoms with Gasteiger partial charge in [0.25, 0.3) is 5.91 Å². The molecule has 1 saturated heterocycles. The molecular formula is C19H21N3O2. The van der Waals surface area contributed by atoms with Crippen LogP contribution in [0.25, 0.3) is 11.0 Å². The number of amides is 1. The molecule has 124 valence electrons. The highest BCUT2D eigenvalue weighted by Gasteiger charge is 2.28. The molecule has 5 nitrogen and oxygen atoms in total.